The van der Waals surface area contributed by atoms with E-state index in [0.717, 1.165) is 16.5 Å². The van der Waals surface area contributed by atoms with Crippen LogP contribution in [0.2, 0.25) is 0 Å². The highest BCUT2D eigenvalue weighted by atomic mass is 16.2. The van der Waals surface area contributed by atoms with Crippen LogP contribution in [0.4, 0.5) is 4.79 Å². The highest BCUT2D eigenvalue weighted by molar-refractivity contribution is 6.14. The fraction of sp³-hybridized carbons (Fsp3) is 0.188. The summed E-state index contributed by atoms with van der Waals surface area (Å²) in [6.07, 6.45) is 3.71. The lowest BCUT2D eigenvalue weighted by Gasteiger charge is -2.05. The quantitative estimate of drug-likeness (QED) is 0.682. The van der Waals surface area contributed by atoms with Crippen LogP contribution in [0.3, 0.4) is 0 Å². The summed E-state index contributed by atoms with van der Waals surface area (Å²) in [6.45, 7) is 1.80. The predicted molar refractivity (Wildman–Crippen MR) is 82.1 cm³/mol. The smallest absolute Gasteiger partial charge is 0.292 e. The van der Waals surface area contributed by atoms with Crippen LogP contribution in [-0.4, -0.2) is 34.4 Å². The molecule has 112 valence electrons. The Balaban J connectivity index is 2.18. The molecule has 0 aliphatic carbocycles. The van der Waals surface area contributed by atoms with Gasteiger partial charge < -0.3 is 0 Å². The zero-order chi connectivity index (χ0) is 15.9. The van der Waals surface area contributed by atoms with Gasteiger partial charge in [-0.15, -0.1) is 0 Å². The van der Waals surface area contributed by atoms with Crippen molar-refractivity contribution in [1.29, 1.82) is 0 Å². The number of carbonyl (C=O) groups excluding carboxylic acids is 3. The Morgan fingerprint density at radius 2 is 2.00 bits per heavy atom. The third-order valence-corrected chi connectivity index (χ3v) is 3.73. The lowest BCUT2D eigenvalue weighted by Crippen LogP contribution is -2.24. The van der Waals surface area contributed by atoms with Gasteiger partial charge in [0, 0.05) is 30.6 Å². The van der Waals surface area contributed by atoms with Gasteiger partial charge in [0.05, 0.1) is 5.52 Å². The first-order valence-corrected chi connectivity index (χ1v) is 6.97. The number of imide groups is 1. The Hall–Kier alpha value is -2.89. The van der Waals surface area contributed by atoms with Gasteiger partial charge in [0.15, 0.2) is 0 Å². The number of amides is 3. The third-order valence-electron chi connectivity index (χ3n) is 3.73. The number of likely N-dealkylation sites (N-methyl/N-ethyl adjacent to an activating group) is 1. The Morgan fingerprint density at radius 1 is 1.27 bits per heavy atom. The minimum atomic E-state index is -0.454. The maximum Gasteiger partial charge on any atom is 0.328 e. The number of nitrogens with one attached hydrogen (secondary N) is 1. The van der Waals surface area contributed by atoms with E-state index in [2.05, 4.69) is 5.32 Å². The molecule has 2 aromatic rings. The lowest BCUT2D eigenvalue weighted by molar-refractivity contribution is -0.115. The summed E-state index contributed by atoms with van der Waals surface area (Å²) >= 11 is 0. The molecule has 1 aromatic carbocycles. The van der Waals surface area contributed by atoms with Crippen LogP contribution < -0.4 is 5.32 Å². The Labute approximate surface area is 127 Å². The first-order valence-electron chi connectivity index (χ1n) is 6.97. The van der Waals surface area contributed by atoms with Crippen LogP contribution in [-0.2, 0) is 4.79 Å². The maximum absolute atomic E-state index is 12.1. The summed E-state index contributed by atoms with van der Waals surface area (Å²) in [5.41, 5.74) is 1.77. The summed E-state index contributed by atoms with van der Waals surface area (Å²) in [5, 5.41) is 3.09. The molecule has 0 saturated carbocycles. The molecule has 3 rings (SSSR count). The molecule has 2 heterocycles. The number of urea groups is 1. The van der Waals surface area contributed by atoms with Crippen molar-refractivity contribution in [2.75, 3.05) is 7.05 Å². The minimum Gasteiger partial charge on any atom is -0.292 e. The van der Waals surface area contributed by atoms with Crippen molar-refractivity contribution in [2.24, 2.45) is 0 Å². The number of nitrogens with zero attached hydrogens (tertiary/aromatic N) is 2. The largest absolute Gasteiger partial charge is 0.328 e. The molecule has 0 atom stereocenters. The van der Waals surface area contributed by atoms with Crippen LogP contribution in [0, 0.1) is 0 Å². The number of hydrogen-bond donors (Lipinski definition) is 1. The molecular formula is C16H15N3O3. The van der Waals surface area contributed by atoms with Gasteiger partial charge in [0.2, 0.25) is 5.91 Å². The van der Waals surface area contributed by atoms with Crippen LogP contribution in [0.5, 0.6) is 0 Å². The van der Waals surface area contributed by atoms with Gasteiger partial charge in [-0.05, 0) is 12.1 Å². The van der Waals surface area contributed by atoms with E-state index in [1.807, 2.05) is 24.3 Å². The van der Waals surface area contributed by atoms with Crippen LogP contribution in [0.1, 0.15) is 23.7 Å². The second-order valence-corrected chi connectivity index (χ2v) is 5.07. The van der Waals surface area contributed by atoms with Crippen molar-refractivity contribution >= 4 is 34.8 Å². The topological polar surface area (TPSA) is 71.4 Å². The van der Waals surface area contributed by atoms with Gasteiger partial charge in [0.25, 0.3) is 5.91 Å². The molecule has 6 nitrogen and oxygen atoms in total. The van der Waals surface area contributed by atoms with Gasteiger partial charge in [-0.2, -0.15) is 0 Å². The van der Waals surface area contributed by atoms with Crippen molar-refractivity contribution in [3.8, 4) is 0 Å². The minimum absolute atomic E-state index is 0.0267. The second-order valence-electron chi connectivity index (χ2n) is 5.07. The van der Waals surface area contributed by atoms with E-state index >= 15 is 0 Å². The van der Waals surface area contributed by atoms with Crippen molar-refractivity contribution in [2.45, 2.75) is 13.3 Å². The summed E-state index contributed by atoms with van der Waals surface area (Å²) < 4.78 is 1.58. The van der Waals surface area contributed by atoms with Gasteiger partial charge in [-0.1, -0.05) is 25.1 Å². The number of carbonyl (C=O) groups is 3. The van der Waals surface area contributed by atoms with E-state index in [9.17, 15) is 14.4 Å². The number of aromatic nitrogens is 1. The summed E-state index contributed by atoms with van der Waals surface area (Å²) in [4.78, 5) is 36.6. The van der Waals surface area contributed by atoms with Crippen molar-refractivity contribution < 1.29 is 14.4 Å². The summed E-state index contributed by atoms with van der Waals surface area (Å²) in [7, 11) is 1.53. The van der Waals surface area contributed by atoms with Gasteiger partial charge in [0.1, 0.15) is 5.70 Å². The molecule has 1 aromatic heterocycles. The molecule has 0 radical (unpaired) electrons. The van der Waals surface area contributed by atoms with E-state index in [-0.39, 0.29) is 11.6 Å². The molecule has 22 heavy (non-hydrogen) atoms. The van der Waals surface area contributed by atoms with E-state index in [1.54, 1.807) is 23.8 Å². The SMILES string of the molecule is CCC(=O)n1cc(/C=C2\C(=O)NC(=O)N2C)c2ccccc21. The predicted octanol–water partition coefficient (Wildman–Crippen LogP) is 2.21. The van der Waals surface area contributed by atoms with Crippen LogP contribution >= 0.6 is 0 Å². The number of para-hydroxylation sites is 1. The van der Waals surface area contributed by atoms with Crippen molar-refractivity contribution in [3.05, 3.63) is 41.7 Å². The van der Waals surface area contributed by atoms with E-state index in [1.165, 1.54) is 11.9 Å². The lowest BCUT2D eigenvalue weighted by atomic mass is 10.1. The molecular weight excluding hydrogens is 282 g/mol. The molecule has 0 bridgehead atoms. The Morgan fingerprint density at radius 3 is 2.64 bits per heavy atom. The summed E-state index contributed by atoms with van der Waals surface area (Å²) in [6, 6.07) is 7.01. The number of hydrogen-bond acceptors (Lipinski definition) is 3. The Bertz CT molecular complexity index is 832. The maximum atomic E-state index is 12.1. The Kier molecular flexibility index (Phi) is 3.29. The number of fused-ring (bicyclic) bond motifs is 1. The number of benzene rings is 1. The van der Waals surface area contributed by atoms with Gasteiger partial charge in [-0.25, -0.2) is 4.79 Å². The molecule has 3 amide bonds. The van der Waals surface area contributed by atoms with Gasteiger partial charge in [-0.3, -0.25) is 24.4 Å². The molecule has 1 saturated heterocycles. The van der Waals surface area contributed by atoms with E-state index < -0.39 is 11.9 Å². The molecule has 1 N–H and O–H groups in total. The summed E-state index contributed by atoms with van der Waals surface area (Å²) in [5.74, 6) is -0.465. The average molecular weight is 297 g/mol. The van der Waals surface area contributed by atoms with Crippen LogP contribution in [0.15, 0.2) is 36.2 Å². The first kappa shape index (κ1) is 14.1. The monoisotopic (exact) mass is 297 g/mol. The van der Waals surface area contributed by atoms with Crippen molar-refractivity contribution in [1.82, 2.24) is 14.8 Å². The van der Waals surface area contributed by atoms with Crippen molar-refractivity contribution in [3.63, 3.8) is 0 Å². The fourth-order valence-corrected chi connectivity index (χ4v) is 2.51. The normalized spacial score (nSPS) is 16.6. The highest BCUT2D eigenvalue weighted by Gasteiger charge is 2.30. The molecule has 6 heteroatoms. The highest BCUT2D eigenvalue weighted by Crippen LogP contribution is 2.25. The van der Waals surface area contributed by atoms with E-state index in [0.29, 0.717) is 6.42 Å². The average Bonchev–Trinajstić information content (AvgIpc) is 3.00. The fourth-order valence-electron chi connectivity index (χ4n) is 2.51. The molecule has 0 spiro atoms. The standard InChI is InChI=1S/C16H15N3O3/c1-3-14(20)19-9-10(11-6-4-5-7-12(11)19)8-13-15(21)17-16(22)18(13)2/h4-9H,3H2,1-2H3,(H,17,21,22)/b13-8+. The molecule has 1 fully saturated rings. The molecule has 0 unspecified atom stereocenters. The molecule has 1 aliphatic heterocycles. The van der Waals surface area contributed by atoms with Crippen LogP contribution in [0.25, 0.3) is 17.0 Å². The molecule has 1 aliphatic rings. The van der Waals surface area contributed by atoms with Gasteiger partial charge >= 0.3 is 6.03 Å². The zero-order valence-corrected chi connectivity index (χ0v) is 12.3. The number of rotatable bonds is 2. The zero-order valence-electron chi connectivity index (χ0n) is 12.3. The van der Waals surface area contributed by atoms with E-state index in [4.69, 9.17) is 0 Å². The second kappa shape index (κ2) is 5.14. The third kappa shape index (κ3) is 2.09. The first-order chi connectivity index (χ1) is 10.5.